The van der Waals surface area contributed by atoms with E-state index in [-0.39, 0.29) is 12.5 Å². The molecule has 2 rings (SSSR count). The molecule has 0 atom stereocenters. The second-order valence-corrected chi connectivity index (χ2v) is 5.53. The molecular weight excluding hydrogens is 270 g/mol. The van der Waals surface area contributed by atoms with Gasteiger partial charge in [-0.2, -0.15) is 0 Å². The number of carbonyl (C=O) groups excluding carboxylic acids is 1. The molecule has 2 aromatic rings. The maximum atomic E-state index is 12.0. The summed E-state index contributed by atoms with van der Waals surface area (Å²) in [6.07, 6.45) is 0. The van der Waals surface area contributed by atoms with Crippen LogP contribution in [0.25, 0.3) is 0 Å². The smallest absolute Gasteiger partial charge is 0.252 e. The first-order valence-corrected chi connectivity index (χ1v) is 7.16. The number of carbonyl (C=O) groups is 1. The summed E-state index contributed by atoms with van der Waals surface area (Å²) in [7, 11) is 1.63. The van der Waals surface area contributed by atoms with Gasteiger partial charge in [-0.15, -0.1) is 0 Å². The summed E-state index contributed by atoms with van der Waals surface area (Å²) in [6, 6.07) is 13.5. The SMILES string of the molecule is CNC(=O)c1cc(C)ccc1Sc1ccccc1CO. The minimum absolute atomic E-state index is 0.00958. The van der Waals surface area contributed by atoms with E-state index in [9.17, 15) is 9.90 Å². The van der Waals surface area contributed by atoms with Crippen molar-refractivity contribution in [3.8, 4) is 0 Å². The highest BCUT2D eigenvalue weighted by Crippen LogP contribution is 2.33. The molecule has 104 valence electrons. The van der Waals surface area contributed by atoms with E-state index < -0.39 is 0 Å². The van der Waals surface area contributed by atoms with Crippen LogP contribution in [-0.2, 0) is 6.61 Å². The van der Waals surface area contributed by atoms with Gasteiger partial charge < -0.3 is 10.4 Å². The molecule has 0 bridgehead atoms. The van der Waals surface area contributed by atoms with Gasteiger partial charge in [0.05, 0.1) is 12.2 Å². The van der Waals surface area contributed by atoms with Gasteiger partial charge in [0.2, 0.25) is 0 Å². The number of hydrogen-bond donors (Lipinski definition) is 2. The third-order valence-corrected chi connectivity index (χ3v) is 4.16. The molecule has 2 N–H and O–H groups in total. The predicted octanol–water partition coefficient (Wildman–Crippen LogP) is 3.00. The van der Waals surface area contributed by atoms with Crippen LogP contribution in [0.15, 0.2) is 52.3 Å². The summed E-state index contributed by atoms with van der Waals surface area (Å²) < 4.78 is 0. The van der Waals surface area contributed by atoms with Crippen LogP contribution in [0, 0.1) is 6.92 Å². The number of nitrogens with one attached hydrogen (secondary N) is 1. The Kier molecular flexibility index (Phi) is 4.82. The highest BCUT2D eigenvalue weighted by molar-refractivity contribution is 7.99. The van der Waals surface area contributed by atoms with Gasteiger partial charge in [-0.1, -0.05) is 41.6 Å². The number of aliphatic hydroxyl groups excluding tert-OH is 1. The van der Waals surface area contributed by atoms with E-state index in [4.69, 9.17) is 0 Å². The molecule has 0 aliphatic carbocycles. The lowest BCUT2D eigenvalue weighted by atomic mass is 10.1. The van der Waals surface area contributed by atoms with Gasteiger partial charge in [0.25, 0.3) is 5.91 Å². The van der Waals surface area contributed by atoms with Crippen LogP contribution in [0.1, 0.15) is 21.5 Å². The molecule has 0 heterocycles. The summed E-state index contributed by atoms with van der Waals surface area (Å²) in [4.78, 5) is 13.8. The van der Waals surface area contributed by atoms with E-state index >= 15 is 0 Å². The molecule has 0 saturated carbocycles. The Morgan fingerprint density at radius 3 is 2.65 bits per heavy atom. The van der Waals surface area contributed by atoms with Crippen LogP contribution >= 0.6 is 11.8 Å². The summed E-state index contributed by atoms with van der Waals surface area (Å²) in [6.45, 7) is 1.95. The molecule has 1 amide bonds. The summed E-state index contributed by atoms with van der Waals surface area (Å²) in [5.74, 6) is -0.0994. The molecule has 0 saturated heterocycles. The summed E-state index contributed by atoms with van der Waals surface area (Å²) in [5, 5.41) is 12.0. The highest BCUT2D eigenvalue weighted by Gasteiger charge is 2.12. The molecule has 3 nitrogen and oxygen atoms in total. The molecule has 0 aliphatic rings. The van der Waals surface area contributed by atoms with Crippen LogP contribution in [0.3, 0.4) is 0 Å². The Morgan fingerprint density at radius 2 is 1.95 bits per heavy atom. The van der Waals surface area contributed by atoms with Crippen LogP contribution in [0.5, 0.6) is 0 Å². The topological polar surface area (TPSA) is 49.3 Å². The first-order chi connectivity index (χ1) is 9.65. The van der Waals surface area contributed by atoms with Gasteiger partial charge >= 0.3 is 0 Å². The second kappa shape index (κ2) is 6.59. The minimum Gasteiger partial charge on any atom is -0.392 e. The van der Waals surface area contributed by atoms with E-state index in [0.29, 0.717) is 5.56 Å². The standard InChI is InChI=1S/C16H17NO2S/c1-11-7-8-15(13(9-11)16(19)17-2)20-14-6-4-3-5-12(14)10-18/h3-9,18H,10H2,1-2H3,(H,17,19). The number of amides is 1. The Balaban J connectivity index is 2.40. The third-order valence-electron chi connectivity index (χ3n) is 2.97. The van der Waals surface area contributed by atoms with Gasteiger partial charge in [0.15, 0.2) is 0 Å². The number of aliphatic hydroxyl groups is 1. The predicted molar refractivity (Wildman–Crippen MR) is 81.1 cm³/mol. The van der Waals surface area contributed by atoms with E-state index in [1.165, 1.54) is 11.8 Å². The Morgan fingerprint density at radius 1 is 1.20 bits per heavy atom. The number of rotatable bonds is 4. The van der Waals surface area contributed by atoms with Gasteiger partial charge in [0.1, 0.15) is 0 Å². The average molecular weight is 287 g/mol. The van der Waals surface area contributed by atoms with Crippen molar-refractivity contribution >= 4 is 17.7 Å². The number of benzene rings is 2. The Hall–Kier alpha value is -1.78. The highest BCUT2D eigenvalue weighted by atomic mass is 32.2. The quantitative estimate of drug-likeness (QED) is 0.909. The monoisotopic (exact) mass is 287 g/mol. The van der Waals surface area contributed by atoms with Crippen molar-refractivity contribution in [2.75, 3.05) is 7.05 Å². The lowest BCUT2D eigenvalue weighted by Gasteiger charge is -2.11. The van der Waals surface area contributed by atoms with Crippen molar-refractivity contribution in [2.24, 2.45) is 0 Å². The maximum absolute atomic E-state index is 12.0. The van der Waals surface area contributed by atoms with Crippen molar-refractivity contribution in [3.63, 3.8) is 0 Å². The zero-order valence-electron chi connectivity index (χ0n) is 11.5. The van der Waals surface area contributed by atoms with Crippen molar-refractivity contribution in [3.05, 3.63) is 59.2 Å². The van der Waals surface area contributed by atoms with Gasteiger partial charge in [0, 0.05) is 16.8 Å². The Labute approximate surface area is 123 Å². The van der Waals surface area contributed by atoms with Crippen LogP contribution in [0.4, 0.5) is 0 Å². The normalized spacial score (nSPS) is 10.3. The van der Waals surface area contributed by atoms with Crippen molar-refractivity contribution < 1.29 is 9.90 Å². The fourth-order valence-electron chi connectivity index (χ4n) is 1.90. The lowest BCUT2D eigenvalue weighted by molar-refractivity contribution is 0.0960. The molecule has 4 heteroatoms. The van der Waals surface area contributed by atoms with Crippen molar-refractivity contribution in [1.29, 1.82) is 0 Å². The van der Waals surface area contributed by atoms with Gasteiger partial charge in [-0.3, -0.25) is 4.79 Å². The van der Waals surface area contributed by atoms with E-state index in [1.807, 2.05) is 49.4 Å². The lowest BCUT2D eigenvalue weighted by Crippen LogP contribution is -2.18. The molecule has 0 aromatic heterocycles. The summed E-state index contributed by atoms with van der Waals surface area (Å²) >= 11 is 1.50. The molecule has 0 radical (unpaired) electrons. The summed E-state index contributed by atoms with van der Waals surface area (Å²) in [5.41, 5.74) is 2.56. The zero-order valence-corrected chi connectivity index (χ0v) is 12.3. The molecule has 0 fully saturated rings. The first kappa shape index (κ1) is 14.6. The molecule has 2 aromatic carbocycles. The maximum Gasteiger partial charge on any atom is 0.252 e. The van der Waals surface area contributed by atoms with Crippen molar-refractivity contribution in [2.45, 2.75) is 23.3 Å². The second-order valence-electron chi connectivity index (χ2n) is 4.45. The van der Waals surface area contributed by atoms with E-state index in [1.54, 1.807) is 7.05 Å². The first-order valence-electron chi connectivity index (χ1n) is 6.35. The van der Waals surface area contributed by atoms with Crippen LogP contribution in [-0.4, -0.2) is 18.1 Å². The minimum atomic E-state index is -0.0994. The molecule has 0 spiro atoms. The third kappa shape index (κ3) is 3.21. The fraction of sp³-hybridized carbons (Fsp3) is 0.188. The van der Waals surface area contributed by atoms with Gasteiger partial charge in [-0.05, 0) is 30.7 Å². The van der Waals surface area contributed by atoms with E-state index in [2.05, 4.69) is 5.32 Å². The van der Waals surface area contributed by atoms with Crippen LogP contribution in [0.2, 0.25) is 0 Å². The molecule has 0 aliphatic heterocycles. The molecule has 0 unspecified atom stereocenters. The van der Waals surface area contributed by atoms with Crippen molar-refractivity contribution in [1.82, 2.24) is 5.32 Å². The van der Waals surface area contributed by atoms with E-state index in [0.717, 1.165) is 20.9 Å². The van der Waals surface area contributed by atoms with Crippen LogP contribution < -0.4 is 5.32 Å². The average Bonchev–Trinajstić information content (AvgIpc) is 2.48. The van der Waals surface area contributed by atoms with Gasteiger partial charge in [-0.25, -0.2) is 0 Å². The fourth-order valence-corrected chi connectivity index (χ4v) is 2.94. The zero-order chi connectivity index (χ0) is 14.5. The number of aryl methyl sites for hydroxylation is 1. The molecule has 20 heavy (non-hydrogen) atoms. The molecular formula is C16H17NO2S. The largest absolute Gasteiger partial charge is 0.392 e. The Bertz CT molecular complexity index is 626. The number of hydrogen-bond acceptors (Lipinski definition) is 3.